The number of para-hydroxylation sites is 2. The van der Waals surface area contributed by atoms with E-state index in [1.54, 1.807) is 48.5 Å². The van der Waals surface area contributed by atoms with E-state index in [4.69, 9.17) is 14.2 Å². The Balaban J connectivity index is 1.89. The highest BCUT2D eigenvalue weighted by molar-refractivity contribution is 5.96. The number of rotatable bonds is 6. The topological polar surface area (TPSA) is 73.9 Å². The van der Waals surface area contributed by atoms with Crippen LogP contribution >= 0.6 is 0 Å². The molecule has 0 spiro atoms. The van der Waals surface area contributed by atoms with E-state index in [0.29, 0.717) is 22.7 Å². The lowest BCUT2D eigenvalue weighted by Gasteiger charge is -2.10. The zero-order valence-electron chi connectivity index (χ0n) is 12.9. The van der Waals surface area contributed by atoms with Gasteiger partial charge in [0.1, 0.15) is 11.5 Å². The first-order chi connectivity index (χ1) is 11.1. The third kappa shape index (κ3) is 4.47. The number of carbonyl (C=O) groups excluding carboxylic acids is 2. The molecule has 0 radical (unpaired) electrons. The van der Waals surface area contributed by atoms with Crippen molar-refractivity contribution in [1.29, 1.82) is 0 Å². The second-order valence-electron chi connectivity index (χ2n) is 4.55. The summed E-state index contributed by atoms with van der Waals surface area (Å²) in [5.41, 5.74) is 0.858. The maximum absolute atomic E-state index is 11.9. The highest BCUT2D eigenvalue weighted by atomic mass is 16.5. The van der Waals surface area contributed by atoms with Gasteiger partial charge in [0.15, 0.2) is 6.61 Å². The summed E-state index contributed by atoms with van der Waals surface area (Å²) >= 11 is 0. The molecule has 0 atom stereocenters. The monoisotopic (exact) mass is 315 g/mol. The molecule has 0 aliphatic carbocycles. The number of hydrogen-bond acceptors (Lipinski definition) is 5. The van der Waals surface area contributed by atoms with Gasteiger partial charge in [-0.2, -0.15) is 0 Å². The zero-order valence-corrected chi connectivity index (χ0v) is 12.9. The summed E-state index contributed by atoms with van der Waals surface area (Å²) in [6, 6.07) is 13.4. The van der Waals surface area contributed by atoms with Gasteiger partial charge in [-0.3, -0.25) is 4.79 Å². The number of nitrogens with one attached hydrogen (secondary N) is 1. The molecule has 0 aliphatic heterocycles. The van der Waals surface area contributed by atoms with Crippen molar-refractivity contribution in [2.24, 2.45) is 0 Å². The molecule has 23 heavy (non-hydrogen) atoms. The molecule has 1 N–H and O–H groups in total. The average Bonchev–Trinajstić information content (AvgIpc) is 2.60. The number of methoxy groups -OCH3 is 2. The third-order valence-electron chi connectivity index (χ3n) is 3.04. The molecular formula is C17H17NO5. The van der Waals surface area contributed by atoms with Crippen LogP contribution in [-0.2, 0) is 9.53 Å². The quantitative estimate of drug-likeness (QED) is 0.829. The minimum Gasteiger partial charge on any atom is -0.497 e. The molecule has 2 aromatic carbocycles. The third-order valence-corrected chi connectivity index (χ3v) is 3.04. The van der Waals surface area contributed by atoms with Crippen LogP contribution in [0.15, 0.2) is 48.5 Å². The molecule has 1 amide bonds. The van der Waals surface area contributed by atoms with Crippen LogP contribution in [0.5, 0.6) is 11.5 Å². The van der Waals surface area contributed by atoms with Crippen molar-refractivity contribution in [1.82, 2.24) is 0 Å². The summed E-state index contributed by atoms with van der Waals surface area (Å²) in [6.45, 7) is -0.386. The van der Waals surface area contributed by atoms with Crippen LogP contribution in [0, 0.1) is 0 Å². The Kier molecular flexibility index (Phi) is 5.57. The molecule has 0 aromatic heterocycles. The highest BCUT2D eigenvalue weighted by Crippen LogP contribution is 2.22. The van der Waals surface area contributed by atoms with Gasteiger partial charge in [0.25, 0.3) is 5.91 Å². The average molecular weight is 315 g/mol. The van der Waals surface area contributed by atoms with Gasteiger partial charge < -0.3 is 19.5 Å². The van der Waals surface area contributed by atoms with Crippen LogP contribution in [-0.4, -0.2) is 32.7 Å². The maximum atomic E-state index is 11.9. The Morgan fingerprint density at radius 3 is 2.30 bits per heavy atom. The molecule has 0 saturated heterocycles. The summed E-state index contributed by atoms with van der Waals surface area (Å²) in [5.74, 6) is 0.136. The van der Waals surface area contributed by atoms with Crippen molar-refractivity contribution in [2.75, 3.05) is 26.1 Å². The van der Waals surface area contributed by atoms with Gasteiger partial charge in [-0.25, -0.2) is 4.79 Å². The van der Waals surface area contributed by atoms with E-state index in [9.17, 15) is 9.59 Å². The van der Waals surface area contributed by atoms with Crippen molar-refractivity contribution in [3.05, 3.63) is 54.1 Å². The summed E-state index contributed by atoms with van der Waals surface area (Å²) < 4.78 is 15.1. The van der Waals surface area contributed by atoms with Crippen molar-refractivity contribution in [3.63, 3.8) is 0 Å². The van der Waals surface area contributed by atoms with Crippen LogP contribution < -0.4 is 14.8 Å². The molecule has 0 fully saturated rings. The number of anilines is 1. The first-order valence-corrected chi connectivity index (χ1v) is 6.88. The van der Waals surface area contributed by atoms with Gasteiger partial charge in [-0.1, -0.05) is 12.1 Å². The predicted molar refractivity (Wildman–Crippen MR) is 84.9 cm³/mol. The fourth-order valence-corrected chi connectivity index (χ4v) is 1.88. The molecule has 2 rings (SSSR count). The Morgan fingerprint density at radius 1 is 0.957 bits per heavy atom. The molecule has 0 heterocycles. The van der Waals surface area contributed by atoms with E-state index in [1.165, 1.54) is 14.2 Å². The molecule has 0 saturated carbocycles. The lowest BCUT2D eigenvalue weighted by atomic mass is 10.2. The number of benzene rings is 2. The first-order valence-electron chi connectivity index (χ1n) is 6.88. The Hall–Kier alpha value is -3.02. The fraction of sp³-hybridized carbons (Fsp3) is 0.176. The van der Waals surface area contributed by atoms with Crippen molar-refractivity contribution >= 4 is 17.6 Å². The van der Waals surface area contributed by atoms with Gasteiger partial charge in [-0.15, -0.1) is 0 Å². The maximum Gasteiger partial charge on any atom is 0.338 e. The summed E-state index contributed by atoms with van der Waals surface area (Å²) in [4.78, 5) is 23.7. The SMILES string of the molecule is COc1ccc(C(=O)OCC(=O)Nc2ccccc2OC)cc1. The lowest BCUT2D eigenvalue weighted by Crippen LogP contribution is -2.21. The molecule has 0 unspecified atom stereocenters. The van der Waals surface area contributed by atoms with Crippen LogP contribution in [0.1, 0.15) is 10.4 Å². The highest BCUT2D eigenvalue weighted by Gasteiger charge is 2.12. The van der Waals surface area contributed by atoms with E-state index in [1.807, 2.05) is 0 Å². The molecule has 6 heteroatoms. The Bertz CT molecular complexity index is 682. The second-order valence-corrected chi connectivity index (χ2v) is 4.55. The van der Waals surface area contributed by atoms with E-state index >= 15 is 0 Å². The number of carbonyl (C=O) groups is 2. The van der Waals surface area contributed by atoms with E-state index in [-0.39, 0.29) is 6.61 Å². The summed E-state index contributed by atoms with van der Waals surface area (Å²) in [7, 11) is 3.05. The molecule has 120 valence electrons. The van der Waals surface area contributed by atoms with Gasteiger partial charge in [-0.05, 0) is 36.4 Å². The molecule has 0 bridgehead atoms. The van der Waals surface area contributed by atoms with Crippen molar-refractivity contribution < 1.29 is 23.8 Å². The van der Waals surface area contributed by atoms with E-state index in [2.05, 4.69) is 5.32 Å². The van der Waals surface area contributed by atoms with Gasteiger partial charge >= 0.3 is 5.97 Å². The lowest BCUT2D eigenvalue weighted by molar-refractivity contribution is -0.119. The van der Waals surface area contributed by atoms with E-state index < -0.39 is 11.9 Å². The first kappa shape index (κ1) is 16.4. The Labute approximate surface area is 134 Å². The Morgan fingerprint density at radius 2 is 1.65 bits per heavy atom. The smallest absolute Gasteiger partial charge is 0.338 e. The number of ether oxygens (including phenoxy) is 3. The van der Waals surface area contributed by atoms with Crippen LogP contribution in [0.2, 0.25) is 0 Å². The van der Waals surface area contributed by atoms with E-state index in [0.717, 1.165) is 0 Å². The number of esters is 1. The second kappa shape index (κ2) is 7.84. The zero-order chi connectivity index (χ0) is 16.7. The minimum atomic E-state index is -0.581. The van der Waals surface area contributed by atoms with Crippen LogP contribution in [0.3, 0.4) is 0 Å². The van der Waals surface area contributed by atoms with Crippen LogP contribution in [0.4, 0.5) is 5.69 Å². The summed E-state index contributed by atoms with van der Waals surface area (Å²) in [5, 5.41) is 2.63. The number of hydrogen-bond donors (Lipinski definition) is 1. The fourth-order valence-electron chi connectivity index (χ4n) is 1.88. The number of amides is 1. The molecule has 0 aliphatic rings. The normalized spacial score (nSPS) is 9.83. The van der Waals surface area contributed by atoms with Gasteiger partial charge in [0.05, 0.1) is 25.5 Å². The van der Waals surface area contributed by atoms with Gasteiger partial charge in [0, 0.05) is 0 Å². The molecular weight excluding hydrogens is 298 g/mol. The van der Waals surface area contributed by atoms with Gasteiger partial charge in [0.2, 0.25) is 0 Å². The molecule has 6 nitrogen and oxygen atoms in total. The summed E-state index contributed by atoms with van der Waals surface area (Å²) in [6.07, 6.45) is 0. The predicted octanol–water partition coefficient (Wildman–Crippen LogP) is 2.50. The minimum absolute atomic E-state index is 0.343. The van der Waals surface area contributed by atoms with Crippen molar-refractivity contribution in [3.8, 4) is 11.5 Å². The largest absolute Gasteiger partial charge is 0.497 e. The van der Waals surface area contributed by atoms with Crippen molar-refractivity contribution in [2.45, 2.75) is 0 Å². The standard InChI is InChI=1S/C17H17NO5/c1-21-13-9-7-12(8-10-13)17(20)23-11-16(19)18-14-5-3-4-6-15(14)22-2/h3-10H,11H2,1-2H3,(H,18,19). The van der Waals surface area contributed by atoms with Crippen LogP contribution in [0.25, 0.3) is 0 Å². The molecule has 2 aromatic rings.